The van der Waals surface area contributed by atoms with Crippen LogP contribution in [0.2, 0.25) is 0 Å². The van der Waals surface area contributed by atoms with Crippen LogP contribution >= 0.6 is 0 Å². The molecule has 0 aliphatic rings. The third-order valence-electron chi connectivity index (χ3n) is 2.95. The molecule has 0 aliphatic heterocycles. The molecule has 19 heavy (non-hydrogen) atoms. The van der Waals surface area contributed by atoms with Crippen LogP contribution in [-0.2, 0) is 0 Å². The number of nitrogens with one attached hydrogen (secondary N) is 1. The van der Waals surface area contributed by atoms with Gasteiger partial charge in [0.15, 0.2) is 0 Å². The Bertz CT molecular complexity index is 516. The van der Waals surface area contributed by atoms with Gasteiger partial charge in [0.25, 0.3) is 5.91 Å². The summed E-state index contributed by atoms with van der Waals surface area (Å²) in [5, 5.41) is 16.0. The van der Waals surface area contributed by atoms with Gasteiger partial charge in [-0.1, -0.05) is 6.92 Å². The lowest BCUT2D eigenvalue weighted by Gasteiger charge is -2.14. The highest BCUT2D eigenvalue weighted by atomic mass is 16.3. The zero-order valence-corrected chi connectivity index (χ0v) is 10.8. The SMILES string of the molecule is CC[C@@H](CO)NC(=O)c1ccc(-n2cccn2)cc1. The number of benzene rings is 1. The number of carbonyl (C=O) groups excluding carboxylic acids is 1. The predicted octanol–water partition coefficient (Wildman–Crippen LogP) is 1.37. The van der Waals surface area contributed by atoms with E-state index in [1.807, 2.05) is 31.3 Å². The van der Waals surface area contributed by atoms with Crippen LogP contribution in [-0.4, -0.2) is 33.4 Å². The maximum Gasteiger partial charge on any atom is 0.251 e. The minimum Gasteiger partial charge on any atom is -0.394 e. The lowest BCUT2D eigenvalue weighted by Crippen LogP contribution is -2.36. The molecule has 1 heterocycles. The van der Waals surface area contributed by atoms with Crippen molar-refractivity contribution < 1.29 is 9.90 Å². The first-order chi connectivity index (χ1) is 9.24. The number of carbonyl (C=O) groups is 1. The predicted molar refractivity (Wildman–Crippen MR) is 72.2 cm³/mol. The molecule has 0 saturated heterocycles. The summed E-state index contributed by atoms with van der Waals surface area (Å²) >= 11 is 0. The summed E-state index contributed by atoms with van der Waals surface area (Å²) in [7, 11) is 0. The fraction of sp³-hybridized carbons (Fsp3) is 0.286. The van der Waals surface area contributed by atoms with Crippen molar-refractivity contribution in [3.05, 3.63) is 48.3 Å². The molecule has 0 unspecified atom stereocenters. The van der Waals surface area contributed by atoms with Crippen molar-refractivity contribution in [2.24, 2.45) is 0 Å². The maximum atomic E-state index is 11.9. The van der Waals surface area contributed by atoms with Crippen LogP contribution in [0.5, 0.6) is 0 Å². The zero-order valence-electron chi connectivity index (χ0n) is 10.8. The molecule has 0 saturated carbocycles. The Kier molecular flexibility index (Phi) is 4.30. The molecule has 0 bridgehead atoms. The number of aliphatic hydroxyl groups is 1. The first-order valence-electron chi connectivity index (χ1n) is 6.26. The average molecular weight is 259 g/mol. The smallest absolute Gasteiger partial charge is 0.251 e. The van der Waals surface area contributed by atoms with E-state index < -0.39 is 0 Å². The van der Waals surface area contributed by atoms with Crippen molar-refractivity contribution in [3.63, 3.8) is 0 Å². The number of amides is 1. The van der Waals surface area contributed by atoms with Crippen molar-refractivity contribution in [3.8, 4) is 5.69 Å². The second-order valence-electron chi connectivity index (χ2n) is 4.26. The van der Waals surface area contributed by atoms with Gasteiger partial charge in [0.1, 0.15) is 0 Å². The van der Waals surface area contributed by atoms with E-state index in [1.54, 1.807) is 23.0 Å². The van der Waals surface area contributed by atoms with E-state index in [0.717, 1.165) is 5.69 Å². The maximum absolute atomic E-state index is 11.9. The lowest BCUT2D eigenvalue weighted by atomic mass is 10.1. The number of aliphatic hydroxyl groups excluding tert-OH is 1. The monoisotopic (exact) mass is 259 g/mol. The molecule has 100 valence electrons. The van der Waals surface area contributed by atoms with Crippen LogP contribution in [0, 0.1) is 0 Å². The van der Waals surface area contributed by atoms with Gasteiger partial charge in [0, 0.05) is 18.0 Å². The Labute approximate surface area is 111 Å². The highest BCUT2D eigenvalue weighted by Gasteiger charge is 2.11. The standard InChI is InChI=1S/C14H17N3O2/c1-2-12(10-18)16-14(19)11-4-6-13(7-5-11)17-9-3-8-15-17/h3-9,12,18H,2,10H2,1H3,(H,16,19)/t12-/m0/s1. The van der Waals surface area contributed by atoms with Crippen molar-refractivity contribution in [2.75, 3.05) is 6.61 Å². The van der Waals surface area contributed by atoms with Gasteiger partial charge in [-0.25, -0.2) is 4.68 Å². The van der Waals surface area contributed by atoms with Gasteiger partial charge < -0.3 is 10.4 Å². The lowest BCUT2D eigenvalue weighted by molar-refractivity contribution is 0.0915. The van der Waals surface area contributed by atoms with Crippen LogP contribution < -0.4 is 5.32 Å². The Morgan fingerprint density at radius 1 is 1.42 bits per heavy atom. The Morgan fingerprint density at radius 3 is 2.68 bits per heavy atom. The topological polar surface area (TPSA) is 67.2 Å². The highest BCUT2D eigenvalue weighted by Crippen LogP contribution is 2.09. The van der Waals surface area contributed by atoms with Crippen LogP contribution in [0.1, 0.15) is 23.7 Å². The molecule has 5 nitrogen and oxygen atoms in total. The molecule has 2 rings (SSSR count). The average Bonchev–Trinajstić information content (AvgIpc) is 2.99. The zero-order chi connectivity index (χ0) is 13.7. The van der Waals surface area contributed by atoms with Gasteiger partial charge in [-0.3, -0.25) is 4.79 Å². The van der Waals surface area contributed by atoms with Crippen LogP contribution in [0.4, 0.5) is 0 Å². The molecular weight excluding hydrogens is 242 g/mol. The van der Waals surface area contributed by atoms with Gasteiger partial charge in [0.05, 0.1) is 18.3 Å². The second kappa shape index (κ2) is 6.15. The van der Waals surface area contributed by atoms with Crippen molar-refractivity contribution in [1.29, 1.82) is 0 Å². The summed E-state index contributed by atoms with van der Waals surface area (Å²) in [5.74, 6) is -0.173. The van der Waals surface area contributed by atoms with E-state index >= 15 is 0 Å². The molecule has 1 aromatic carbocycles. The van der Waals surface area contributed by atoms with Crippen LogP contribution in [0.25, 0.3) is 5.69 Å². The van der Waals surface area contributed by atoms with Gasteiger partial charge in [-0.2, -0.15) is 5.10 Å². The fourth-order valence-electron chi connectivity index (χ4n) is 1.73. The first-order valence-corrected chi connectivity index (χ1v) is 6.26. The normalized spacial score (nSPS) is 12.1. The van der Waals surface area contributed by atoms with E-state index in [0.29, 0.717) is 12.0 Å². The van der Waals surface area contributed by atoms with Gasteiger partial charge in [0.2, 0.25) is 0 Å². The van der Waals surface area contributed by atoms with E-state index in [1.165, 1.54) is 0 Å². The molecular formula is C14H17N3O2. The number of aromatic nitrogens is 2. The number of nitrogens with zero attached hydrogens (tertiary/aromatic N) is 2. The second-order valence-corrected chi connectivity index (χ2v) is 4.26. The fourth-order valence-corrected chi connectivity index (χ4v) is 1.73. The molecule has 2 aromatic rings. The van der Waals surface area contributed by atoms with E-state index in [9.17, 15) is 4.79 Å². The Hall–Kier alpha value is -2.14. The summed E-state index contributed by atoms with van der Waals surface area (Å²) < 4.78 is 1.73. The molecule has 0 radical (unpaired) electrons. The summed E-state index contributed by atoms with van der Waals surface area (Å²) in [6.07, 6.45) is 4.25. The molecule has 0 spiro atoms. The molecule has 1 atom stereocenters. The van der Waals surface area contributed by atoms with Gasteiger partial charge in [-0.15, -0.1) is 0 Å². The molecule has 0 fully saturated rings. The molecule has 5 heteroatoms. The largest absolute Gasteiger partial charge is 0.394 e. The molecule has 1 amide bonds. The molecule has 1 aromatic heterocycles. The summed E-state index contributed by atoms with van der Waals surface area (Å²) in [4.78, 5) is 11.9. The van der Waals surface area contributed by atoms with E-state index in [4.69, 9.17) is 5.11 Å². The van der Waals surface area contributed by atoms with Crippen LogP contribution in [0.15, 0.2) is 42.7 Å². The third-order valence-corrected chi connectivity index (χ3v) is 2.95. The number of hydrogen-bond donors (Lipinski definition) is 2. The van der Waals surface area contributed by atoms with Crippen molar-refractivity contribution in [1.82, 2.24) is 15.1 Å². The van der Waals surface area contributed by atoms with Gasteiger partial charge >= 0.3 is 0 Å². The minimum absolute atomic E-state index is 0.0480. The summed E-state index contributed by atoms with van der Waals surface area (Å²) in [5.41, 5.74) is 1.47. The number of rotatable bonds is 5. The van der Waals surface area contributed by atoms with Crippen molar-refractivity contribution >= 4 is 5.91 Å². The number of hydrogen-bond acceptors (Lipinski definition) is 3. The van der Waals surface area contributed by atoms with Gasteiger partial charge in [-0.05, 0) is 36.8 Å². The molecule has 0 aliphatic carbocycles. The molecule has 2 N–H and O–H groups in total. The van der Waals surface area contributed by atoms with Crippen molar-refractivity contribution in [2.45, 2.75) is 19.4 Å². The van der Waals surface area contributed by atoms with E-state index in [2.05, 4.69) is 10.4 Å². The third kappa shape index (κ3) is 3.20. The highest BCUT2D eigenvalue weighted by molar-refractivity contribution is 5.94. The summed E-state index contributed by atoms with van der Waals surface area (Å²) in [6.45, 7) is 1.87. The van der Waals surface area contributed by atoms with Crippen LogP contribution in [0.3, 0.4) is 0 Å². The minimum atomic E-state index is -0.196. The quantitative estimate of drug-likeness (QED) is 0.852. The Morgan fingerprint density at radius 2 is 2.16 bits per heavy atom. The Balaban J connectivity index is 2.08. The first kappa shape index (κ1) is 13.3. The van der Waals surface area contributed by atoms with E-state index in [-0.39, 0.29) is 18.6 Å². The summed E-state index contributed by atoms with van der Waals surface area (Å²) in [6, 6.07) is 8.81.